The minimum absolute atomic E-state index is 0.0335. The van der Waals surface area contributed by atoms with Gasteiger partial charge < -0.3 is 15.2 Å². The highest BCUT2D eigenvalue weighted by atomic mass is 16.2. The number of nitrogens with zero attached hydrogens (tertiary/aromatic N) is 3. The third kappa shape index (κ3) is 2.88. The van der Waals surface area contributed by atoms with E-state index < -0.39 is 0 Å². The molecule has 1 saturated heterocycles. The summed E-state index contributed by atoms with van der Waals surface area (Å²) in [6.07, 6.45) is 4.13. The van der Waals surface area contributed by atoms with Crippen LogP contribution in [-0.2, 0) is 6.42 Å². The Morgan fingerprint density at radius 3 is 2.96 bits per heavy atom. The van der Waals surface area contributed by atoms with Gasteiger partial charge in [0, 0.05) is 31.9 Å². The van der Waals surface area contributed by atoms with Gasteiger partial charge in [0.05, 0.1) is 17.4 Å². The first-order chi connectivity index (χ1) is 11.8. The van der Waals surface area contributed by atoms with Crippen LogP contribution in [-0.4, -0.2) is 51.4 Å². The molecule has 1 aliphatic heterocycles. The maximum Gasteiger partial charge on any atom is 0.256 e. The van der Waals surface area contributed by atoms with Crippen LogP contribution >= 0.6 is 0 Å². The molecule has 1 aliphatic rings. The van der Waals surface area contributed by atoms with Crippen molar-refractivity contribution in [2.45, 2.75) is 12.5 Å². The molecule has 1 amide bonds. The number of carbonyl (C=O) groups excluding carboxylic acids is 1. The highest BCUT2D eigenvalue weighted by Crippen LogP contribution is 2.16. The Morgan fingerprint density at radius 2 is 2.08 bits per heavy atom. The zero-order valence-corrected chi connectivity index (χ0v) is 13.3. The van der Waals surface area contributed by atoms with E-state index in [4.69, 9.17) is 0 Å². The number of aromatic amines is 1. The third-order valence-corrected chi connectivity index (χ3v) is 4.42. The van der Waals surface area contributed by atoms with E-state index in [9.17, 15) is 4.79 Å². The number of piperazine rings is 1. The van der Waals surface area contributed by atoms with Gasteiger partial charge in [-0.2, -0.15) is 0 Å². The van der Waals surface area contributed by atoms with Crippen molar-refractivity contribution in [2.75, 3.05) is 19.6 Å². The Kier molecular flexibility index (Phi) is 3.96. The number of benzene rings is 1. The summed E-state index contributed by atoms with van der Waals surface area (Å²) in [7, 11) is 0. The van der Waals surface area contributed by atoms with Crippen molar-refractivity contribution in [3.05, 3.63) is 60.0 Å². The Balaban J connectivity index is 1.51. The van der Waals surface area contributed by atoms with Gasteiger partial charge in [-0.3, -0.25) is 4.79 Å². The number of hydrogen-bond donors (Lipinski definition) is 2. The van der Waals surface area contributed by atoms with Gasteiger partial charge >= 0.3 is 0 Å². The Hall–Kier alpha value is -2.73. The lowest BCUT2D eigenvalue weighted by atomic mass is 10.0. The Morgan fingerprint density at radius 1 is 1.21 bits per heavy atom. The zero-order valence-electron chi connectivity index (χ0n) is 13.3. The zero-order chi connectivity index (χ0) is 16.4. The van der Waals surface area contributed by atoms with E-state index in [0.717, 1.165) is 13.0 Å². The van der Waals surface area contributed by atoms with Crippen LogP contribution in [0, 0.1) is 0 Å². The third-order valence-electron chi connectivity index (χ3n) is 4.42. The summed E-state index contributed by atoms with van der Waals surface area (Å²) in [5.74, 6) is 0.0335. The van der Waals surface area contributed by atoms with Crippen LogP contribution in [0.4, 0.5) is 0 Å². The summed E-state index contributed by atoms with van der Waals surface area (Å²) in [5, 5.41) is 3.51. The fourth-order valence-corrected chi connectivity index (χ4v) is 3.24. The molecule has 3 heterocycles. The molecule has 1 fully saturated rings. The number of nitrogens with one attached hydrogen (secondary N) is 2. The molecule has 24 heavy (non-hydrogen) atoms. The first-order valence-electron chi connectivity index (χ1n) is 8.16. The van der Waals surface area contributed by atoms with E-state index in [1.807, 2.05) is 23.1 Å². The second kappa shape index (κ2) is 6.41. The average molecular weight is 321 g/mol. The molecule has 0 spiro atoms. The second-order valence-corrected chi connectivity index (χ2v) is 6.05. The summed E-state index contributed by atoms with van der Waals surface area (Å²) < 4.78 is 0. The summed E-state index contributed by atoms with van der Waals surface area (Å²) in [6, 6.07) is 12.4. The van der Waals surface area contributed by atoms with Gasteiger partial charge in [0.25, 0.3) is 5.91 Å². The van der Waals surface area contributed by atoms with E-state index in [-0.39, 0.29) is 11.9 Å². The second-order valence-electron chi connectivity index (χ2n) is 6.05. The largest absolute Gasteiger partial charge is 0.343 e. The molecule has 2 N–H and O–H groups in total. The van der Waals surface area contributed by atoms with Crippen molar-refractivity contribution in [2.24, 2.45) is 0 Å². The number of H-pyrrole nitrogens is 1. The molecule has 0 saturated carbocycles. The fraction of sp³-hybridized carbons (Fsp3) is 0.278. The molecular weight excluding hydrogens is 302 g/mol. The topological polar surface area (TPSA) is 73.9 Å². The van der Waals surface area contributed by atoms with Crippen LogP contribution < -0.4 is 5.32 Å². The molecule has 1 atom stereocenters. The van der Waals surface area contributed by atoms with Crippen LogP contribution in [0.1, 0.15) is 15.9 Å². The van der Waals surface area contributed by atoms with E-state index in [1.54, 1.807) is 18.6 Å². The predicted molar refractivity (Wildman–Crippen MR) is 91.7 cm³/mol. The molecule has 0 radical (unpaired) electrons. The van der Waals surface area contributed by atoms with Gasteiger partial charge in [0.2, 0.25) is 0 Å². The molecule has 1 unspecified atom stereocenters. The standard InChI is InChI=1S/C18H19N5O/c24-18(15-6-7-20-17-16(15)21-12-22-17)23-9-8-19-14(11-23)10-13-4-2-1-3-5-13/h1-7,12,14,19H,8-11H2,(H,20,21,22). The molecule has 2 aromatic heterocycles. The SMILES string of the molecule is O=C(c1ccnc2nc[nH]c12)N1CCNC(Cc2ccccc2)C1. The summed E-state index contributed by atoms with van der Waals surface area (Å²) >= 11 is 0. The Bertz CT molecular complexity index is 845. The lowest BCUT2D eigenvalue weighted by molar-refractivity contribution is 0.0704. The van der Waals surface area contributed by atoms with Gasteiger partial charge in [-0.1, -0.05) is 30.3 Å². The average Bonchev–Trinajstić information content (AvgIpc) is 3.11. The number of fused-ring (bicyclic) bond motifs is 1. The van der Waals surface area contributed by atoms with Gasteiger partial charge in [-0.05, 0) is 18.1 Å². The highest BCUT2D eigenvalue weighted by molar-refractivity contribution is 6.03. The number of imidazole rings is 1. The monoisotopic (exact) mass is 321 g/mol. The van der Waals surface area contributed by atoms with Crippen LogP contribution in [0.25, 0.3) is 11.2 Å². The van der Waals surface area contributed by atoms with E-state index in [1.165, 1.54) is 5.56 Å². The number of carbonyl (C=O) groups is 1. The number of amides is 1. The van der Waals surface area contributed by atoms with Crippen molar-refractivity contribution in [1.29, 1.82) is 0 Å². The van der Waals surface area contributed by atoms with Crippen LogP contribution in [0.2, 0.25) is 0 Å². The lowest BCUT2D eigenvalue weighted by Gasteiger charge is -2.34. The van der Waals surface area contributed by atoms with Gasteiger partial charge in [-0.25, -0.2) is 9.97 Å². The van der Waals surface area contributed by atoms with E-state index >= 15 is 0 Å². The number of pyridine rings is 1. The van der Waals surface area contributed by atoms with Crippen LogP contribution in [0.5, 0.6) is 0 Å². The Labute approximate surface area is 139 Å². The van der Waals surface area contributed by atoms with E-state index in [2.05, 4.69) is 32.4 Å². The molecule has 6 heteroatoms. The summed E-state index contributed by atoms with van der Waals surface area (Å²) in [4.78, 5) is 26.2. The first kappa shape index (κ1) is 14.8. The summed E-state index contributed by atoms with van der Waals surface area (Å²) in [5.41, 5.74) is 3.21. The number of aromatic nitrogens is 3. The van der Waals surface area contributed by atoms with Gasteiger partial charge in [0.15, 0.2) is 5.65 Å². The fourth-order valence-electron chi connectivity index (χ4n) is 3.24. The molecule has 4 rings (SSSR count). The molecule has 122 valence electrons. The van der Waals surface area contributed by atoms with Crippen LogP contribution in [0.3, 0.4) is 0 Å². The van der Waals surface area contributed by atoms with Crippen molar-refractivity contribution >= 4 is 17.1 Å². The first-order valence-corrected chi connectivity index (χ1v) is 8.16. The van der Waals surface area contributed by atoms with Gasteiger partial charge in [0.1, 0.15) is 0 Å². The van der Waals surface area contributed by atoms with E-state index in [0.29, 0.717) is 29.8 Å². The van der Waals surface area contributed by atoms with Crippen molar-refractivity contribution in [3.63, 3.8) is 0 Å². The number of hydrogen-bond acceptors (Lipinski definition) is 4. The predicted octanol–water partition coefficient (Wildman–Crippen LogP) is 1.61. The molecule has 0 bridgehead atoms. The van der Waals surface area contributed by atoms with Crippen molar-refractivity contribution in [3.8, 4) is 0 Å². The summed E-state index contributed by atoms with van der Waals surface area (Å²) in [6.45, 7) is 2.22. The van der Waals surface area contributed by atoms with Gasteiger partial charge in [-0.15, -0.1) is 0 Å². The normalized spacial score (nSPS) is 18.0. The van der Waals surface area contributed by atoms with Crippen molar-refractivity contribution in [1.82, 2.24) is 25.2 Å². The highest BCUT2D eigenvalue weighted by Gasteiger charge is 2.25. The maximum atomic E-state index is 12.9. The minimum Gasteiger partial charge on any atom is -0.343 e. The molecule has 3 aromatic rings. The van der Waals surface area contributed by atoms with Crippen LogP contribution in [0.15, 0.2) is 48.9 Å². The minimum atomic E-state index is 0.0335. The number of rotatable bonds is 3. The maximum absolute atomic E-state index is 12.9. The molecule has 0 aliphatic carbocycles. The molecule has 1 aromatic carbocycles. The lowest BCUT2D eigenvalue weighted by Crippen LogP contribution is -2.53. The quantitative estimate of drug-likeness (QED) is 0.769. The smallest absolute Gasteiger partial charge is 0.256 e. The van der Waals surface area contributed by atoms with Crippen molar-refractivity contribution < 1.29 is 4.79 Å². The molecule has 6 nitrogen and oxygen atoms in total. The molecular formula is C18H19N5O.